The number of hydrogen-bond donors (Lipinski definition) is 0. The summed E-state index contributed by atoms with van der Waals surface area (Å²) >= 11 is 0. The second-order valence-corrected chi connectivity index (χ2v) is 5.01. The molecule has 0 aromatic carbocycles. The van der Waals surface area contributed by atoms with Gasteiger partial charge in [0.1, 0.15) is 5.60 Å². The third-order valence-electron chi connectivity index (χ3n) is 3.21. The van der Waals surface area contributed by atoms with Crippen LogP contribution >= 0.6 is 0 Å². The molecule has 5 heteroatoms. The van der Waals surface area contributed by atoms with Crippen molar-refractivity contribution < 1.29 is 22.7 Å². The molecule has 0 spiro atoms. The molecular formula is C12H17F3O2. The Morgan fingerprint density at radius 2 is 2.00 bits per heavy atom. The molecule has 0 N–H and O–H groups in total. The molecule has 0 fully saturated rings. The Hall–Kier alpha value is -1.00. The van der Waals surface area contributed by atoms with Crippen molar-refractivity contribution in [3.8, 4) is 0 Å². The lowest BCUT2D eigenvalue weighted by molar-refractivity contribution is -0.215. The minimum atomic E-state index is -4.92. The molecule has 2 nitrogen and oxygen atoms in total. The van der Waals surface area contributed by atoms with Gasteiger partial charge in [0.25, 0.3) is 0 Å². The third kappa shape index (κ3) is 3.75. The van der Waals surface area contributed by atoms with Crippen LogP contribution < -0.4 is 0 Å². The van der Waals surface area contributed by atoms with Crippen LogP contribution in [0.15, 0.2) is 11.6 Å². The van der Waals surface area contributed by atoms with E-state index in [1.54, 1.807) is 0 Å². The number of hydrogen-bond acceptors (Lipinski definition) is 2. The molecule has 0 aliphatic heterocycles. The van der Waals surface area contributed by atoms with Crippen molar-refractivity contribution in [1.82, 2.24) is 0 Å². The Labute approximate surface area is 98.8 Å². The second-order valence-electron chi connectivity index (χ2n) is 5.01. The topological polar surface area (TPSA) is 26.3 Å². The Balaban J connectivity index is 2.66. The van der Waals surface area contributed by atoms with Crippen molar-refractivity contribution in [2.75, 3.05) is 0 Å². The summed E-state index contributed by atoms with van der Waals surface area (Å²) in [6.07, 6.45) is -0.670. The number of carbonyl (C=O) groups excluding carboxylic acids is 1. The first kappa shape index (κ1) is 14.1. The largest absolute Gasteiger partial charge is 0.490 e. The summed E-state index contributed by atoms with van der Waals surface area (Å²) < 4.78 is 41.0. The molecule has 0 amide bonds. The highest BCUT2D eigenvalue weighted by Crippen LogP contribution is 2.35. The minimum absolute atomic E-state index is 0.0579. The average Bonchev–Trinajstić information content (AvgIpc) is 2.16. The first-order valence-electron chi connectivity index (χ1n) is 5.58. The molecule has 0 saturated heterocycles. The highest BCUT2D eigenvalue weighted by Gasteiger charge is 2.45. The van der Waals surface area contributed by atoms with Crippen molar-refractivity contribution in [3.63, 3.8) is 0 Å². The number of alkyl halides is 3. The number of ether oxygens (including phenoxy) is 1. The van der Waals surface area contributed by atoms with Gasteiger partial charge in [-0.15, -0.1) is 0 Å². The average molecular weight is 250 g/mol. The fraction of sp³-hybridized carbons (Fsp3) is 0.750. The standard InChI is InChI=1S/C12H17F3O2/c1-8-4-6-9(7-5-8)11(2,3)17-10(16)12(13,14)15/h4,9H,5-7H2,1-3H3. The van der Waals surface area contributed by atoms with Crippen molar-refractivity contribution in [2.45, 2.75) is 51.8 Å². The number of carbonyl (C=O) groups is 1. The molecule has 0 radical (unpaired) electrons. The summed E-state index contributed by atoms with van der Waals surface area (Å²) in [7, 11) is 0. The maximum Gasteiger partial charge on any atom is 0.490 e. The summed E-state index contributed by atoms with van der Waals surface area (Å²) in [5.74, 6) is -2.16. The van der Waals surface area contributed by atoms with Crippen LogP contribution in [-0.2, 0) is 9.53 Å². The summed E-state index contributed by atoms with van der Waals surface area (Å²) in [5.41, 5.74) is 0.156. The van der Waals surface area contributed by atoms with E-state index >= 15 is 0 Å². The van der Waals surface area contributed by atoms with E-state index in [-0.39, 0.29) is 5.92 Å². The van der Waals surface area contributed by atoms with Crippen LogP contribution in [0.5, 0.6) is 0 Å². The van der Waals surface area contributed by atoms with Crippen molar-refractivity contribution in [1.29, 1.82) is 0 Å². The number of halogens is 3. The molecule has 0 heterocycles. The molecule has 1 rings (SSSR count). The molecule has 1 atom stereocenters. The fourth-order valence-electron chi connectivity index (χ4n) is 1.98. The van der Waals surface area contributed by atoms with Gasteiger partial charge in [-0.2, -0.15) is 13.2 Å². The fourth-order valence-corrected chi connectivity index (χ4v) is 1.98. The van der Waals surface area contributed by atoms with Gasteiger partial charge in [0, 0.05) is 5.92 Å². The van der Waals surface area contributed by atoms with E-state index in [0.717, 1.165) is 12.8 Å². The number of rotatable bonds is 2. The predicted molar refractivity (Wildman–Crippen MR) is 57.3 cm³/mol. The summed E-state index contributed by atoms with van der Waals surface area (Å²) in [5, 5.41) is 0. The molecule has 0 saturated carbocycles. The first-order valence-corrected chi connectivity index (χ1v) is 5.58. The molecule has 0 aromatic heterocycles. The smallest absolute Gasteiger partial charge is 0.453 e. The summed E-state index contributed by atoms with van der Waals surface area (Å²) in [6, 6.07) is 0. The maximum absolute atomic E-state index is 12.1. The molecule has 17 heavy (non-hydrogen) atoms. The summed E-state index contributed by atoms with van der Waals surface area (Å²) in [4.78, 5) is 10.8. The van der Waals surface area contributed by atoms with Gasteiger partial charge in [-0.3, -0.25) is 0 Å². The van der Waals surface area contributed by atoms with Gasteiger partial charge >= 0.3 is 12.1 Å². The van der Waals surface area contributed by atoms with Crippen LogP contribution in [-0.4, -0.2) is 17.7 Å². The van der Waals surface area contributed by atoms with E-state index in [2.05, 4.69) is 4.74 Å². The van der Waals surface area contributed by atoms with Gasteiger partial charge in [-0.05, 0) is 40.0 Å². The van der Waals surface area contributed by atoms with E-state index < -0.39 is 17.7 Å². The molecule has 1 aliphatic rings. The quantitative estimate of drug-likeness (QED) is 0.552. The van der Waals surface area contributed by atoms with E-state index in [0.29, 0.717) is 6.42 Å². The van der Waals surface area contributed by atoms with Crippen LogP contribution in [0.3, 0.4) is 0 Å². The van der Waals surface area contributed by atoms with Crippen LogP contribution in [0.4, 0.5) is 13.2 Å². The van der Waals surface area contributed by atoms with E-state index in [4.69, 9.17) is 0 Å². The van der Waals surface area contributed by atoms with Crippen molar-refractivity contribution in [3.05, 3.63) is 11.6 Å². The highest BCUT2D eigenvalue weighted by atomic mass is 19.4. The molecule has 1 aliphatic carbocycles. The van der Waals surface area contributed by atoms with Crippen LogP contribution in [0.1, 0.15) is 40.0 Å². The van der Waals surface area contributed by atoms with Gasteiger partial charge in [0.15, 0.2) is 0 Å². The van der Waals surface area contributed by atoms with E-state index in [9.17, 15) is 18.0 Å². The van der Waals surface area contributed by atoms with E-state index in [1.165, 1.54) is 19.4 Å². The molecule has 0 bridgehead atoms. The Kier molecular flexibility index (Phi) is 3.89. The number of allylic oxidation sites excluding steroid dienone is 2. The molecular weight excluding hydrogens is 233 g/mol. The lowest BCUT2D eigenvalue weighted by Crippen LogP contribution is -2.41. The van der Waals surface area contributed by atoms with Gasteiger partial charge in [-0.1, -0.05) is 11.6 Å². The third-order valence-corrected chi connectivity index (χ3v) is 3.21. The Bertz CT molecular complexity index is 329. The monoisotopic (exact) mass is 250 g/mol. The van der Waals surface area contributed by atoms with Gasteiger partial charge < -0.3 is 4.74 Å². The Morgan fingerprint density at radius 1 is 1.41 bits per heavy atom. The van der Waals surface area contributed by atoms with Crippen molar-refractivity contribution in [2.24, 2.45) is 5.92 Å². The maximum atomic E-state index is 12.1. The van der Waals surface area contributed by atoms with Gasteiger partial charge in [0.2, 0.25) is 0 Å². The second kappa shape index (κ2) is 4.70. The van der Waals surface area contributed by atoms with Crippen molar-refractivity contribution >= 4 is 5.97 Å². The normalized spacial score (nSPS) is 22.0. The summed E-state index contributed by atoms with van der Waals surface area (Å²) in [6.45, 7) is 5.07. The zero-order chi connectivity index (χ0) is 13.3. The lowest BCUT2D eigenvalue weighted by Gasteiger charge is -2.35. The minimum Gasteiger partial charge on any atom is -0.453 e. The zero-order valence-corrected chi connectivity index (χ0v) is 10.2. The first-order chi connectivity index (χ1) is 7.63. The van der Waals surface area contributed by atoms with Gasteiger partial charge in [0.05, 0.1) is 0 Å². The van der Waals surface area contributed by atoms with Crippen LogP contribution in [0.25, 0.3) is 0 Å². The molecule has 0 aromatic rings. The lowest BCUT2D eigenvalue weighted by atomic mass is 9.79. The Morgan fingerprint density at radius 3 is 2.41 bits per heavy atom. The van der Waals surface area contributed by atoms with Crippen LogP contribution in [0, 0.1) is 5.92 Å². The highest BCUT2D eigenvalue weighted by molar-refractivity contribution is 5.76. The molecule has 1 unspecified atom stereocenters. The predicted octanol–water partition coefficient (Wildman–Crippen LogP) is 3.62. The molecule has 98 valence electrons. The zero-order valence-electron chi connectivity index (χ0n) is 10.2. The van der Waals surface area contributed by atoms with Crippen LogP contribution in [0.2, 0.25) is 0 Å². The number of esters is 1. The van der Waals surface area contributed by atoms with E-state index in [1.807, 2.05) is 13.0 Å². The van der Waals surface area contributed by atoms with Gasteiger partial charge in [-0.25, -0.2) is 4.79 Å². The SMILES string of the molecule is CC1=CCC(C(C)(C)OC(=O)C(F)(F)F)CC1.